The number of benzene rings is 2. The monoisotopic (exact) mass is 444 g/mol. The van der Waals surface area contributed by atoms with E-state index in [1.165, 1.54) is 0 Å². The number of rotatable bonds is 7. The van der Waals surface area contributed by atoms with Crippen molar-refractivity contribution in [3.8, 4) is 17.3 Å². The molecule has 33 heavy (non-hydrogen) atoms. The van der Waals surface area contributed by atoms with Crippen molar-refractivity contribution < 1.29 is 14.3 Å². The van der Waals surface area contributed by atoms with Gasteiger partial charge in [0.15, 0.2) is 5.65 Å². The Morgan fingerprint density at radius 3 is 2.48 bits per heavy atom. The molecule has 0 unspecified atom stereocenters. The lowest BCUT2D eigenvalue weighted by molar-refractivity contribution is -0.116. The van der Waals surface area contributed by atoms with Crippen LogP contribution in [0.25, 0.3) is 16.7 Å². The number of fused-ring (bicyclic) bond motifs is 1. The second-order valence-electron chi connectivity index (χ2n) is 8.01. The maximum Gasteiger partial charge on any atom is 0.224 e. The minimum atomic E-state index is -0.0999. The molecule has 0 atom stereocenters. The number of amides is 1. The number of nitrogens with zero attached hydrogens (tertiary/aromatic N) is 3. The van der Waals surface area contributed by atoms with Crippen molar-refractivity contribution >= 4 is 22.6 Å². The number of anilines is 1. The third-order valence-corrected chi connectivity index (χ3v) is 5.75. The number of aryl methyl sites for hydroxylation is 3. The number of pyridine rings is 1. The summed E-state index contributed by atoms with van der Waals surface area (Å²) in [6.07, 6.45) is 0.779. The SMILES string of the molecule is COc1ccc(C)cc1NC(=O)CCc1c(OC)nc2c(c(C)nn2-c2ccccc2)c1C. The van der Waals surface area contributed by atoms with Crippen molar-refractivity contribution in [3.05, 3.63) is 70.9 Å². The van der Waals surface area contributed by atoms with Crippen LogP contribution in [0, 0.1) is 20.8 Å². The van der Waals surface area contributed by atoms with Gasteiger partial charge >= 0.3 is 0 Å². The summed E-state index contributed by atoms with van der Waals surface area (Å²) in [5.74, 6) is 1.05. The average molecular weight is 445 g/mol. The van der Waals surface area contributed by atoms with Crippen LogP contribution in [-0.4, -0.2) is 34.9 Å². The van der Waals surface area contributed by atoms with Crippen LogP contribution >= 0.6 is 0 Å². The number of nitrogens with one attached hydrogen (secondary N) is 1. The van der Waals surface area contributed by atoms with E-state index in [0.29, 0.717) is 23.7 Å². The zero-order chi connectivity index (χ0) is 23.5. The number of hydrogen-bond acceptors (Lipinski definition) is 5. The number of carbonyl (C=O) groups is 1. The lowest BCUT2D eigenvalue weighted by Gasteiger charge is -2.14. The van der Waals surface area contributed by atoms with Gasteiger partial charge in [0.25, 0.3) is 0 Å². The molecule has 1 N–H and O–H groups in total. The lowest BCUT2D eigenvalue weighted by Crippen LogP contribution is -2.14. The van der Waals surface area contributed by atoms with E-state index in [1.807, 2.05) is 74.0 Å². The van der Waals surface area contributed by atoms with Crippen LogP contribution in [0.15, 0.2) is 48.5 Å². The summed E-state index contributed by atoms with van der Waals surface area (Å²) in [5, 5.41) is 8.67. The molecule has 7 heteroatoms. The second kappa shape index (κ2) is 9.32. The highest BCUT2D eigenvalue weighted by molar-refractivity contribution is 5.93. The van der Waals surface area contributed by atoms with E-state index >= 15 is 0 Å². The van der Waals surface area contributed by atoms with E-state index in [-0.39, 0.29) is 12.3 Å². The highest BCUT2D eigenvalue weighted by Crippen LogP contribution is 2.32. The van der Waals surface area contributed by atoms with Crippen LogP contribution in [0.2, 0.25) is 0 Å². The van der Waals surface area contributed by atoms with Crippen LogP contribution in [0.4, 0.5) is 5.69 Å². The maximum absolute atomic E-state index is 12.8. The molecule has 4 aromatic rings. The normalized spacial score (nSPS) is 10.9. The van der Waals surface area contributed by atoms with Crippen molar-refractivity contribution in [1.82, 2.24) is 14.8 Å². The lowest BCUT2D eigenvalue weighted by atomic mass is 10.0. The Labute approximate surface area is 193 Å². The van der Waals surface area contributed by atoms with Gasteiger partial charge in [-0.05, 0) is 62.6 Å². The van der Waals surface area contributed by atoms with E-state index in [1.54, 1.807) is 14.2 Å². The van der Waals surface area contributed by atoms with Gasteiger partial charge in [0.2, 0.25) is 11.8 Å². The van der Waals surface area contributed by atoms with Gasteiger partial charge in [-0.1, -0.05) is 24.3 Å². The van der Waals surface area contributed by atoms with Gasteiger partial charge in [-0.25, -0.2) is 4.68 Å². The van der Waals surface area contributed by atoms with Gasteiger partial charge in [0.1, 0.15) is 5.75 Å². The molecule has 0 aliphatic heterocycles. The molecule has 170 valence electrons. The highest BCUT2D eigenvalue weighted by Gasteiger charge is 2.20. The Bertz CT molecular complexity index is 1310. The van der Waals surface area contributed by atoms with Crippen LogP contribution in [0.3, 0.4) is 0 Å². The molecule has 2 heterocycles. The summed E-state index contributed by atoms with van der Waals surface area (Å²) >= 11 is 0. The van der Waals surface area contributed by atoms with Crippen molar-refractivity contribution in [2.24, 2.45) is 0 Å². The van der Waals surface area contributed by atoms with Crippen LogP contribution < -0.4 is 14.8 Å². The largest absolute Gasteiger partial charge is 0.495 e. The molecule has 0 saturated heterocycles. The van der Waals surface area contributed by atoms with Crippen LogP contribution in [-0.2, 0) is 11.2 Å². The number of hydrogen-bond donors (Lipinski definition) is 1. The summed E-state index contributed by atoms with van der Waals surface area (Å²) in [6, 6.07) is 15.6. The van der Waals surface area contributed by atoms with Crippen molar-refractivity contribution in [2.75, 3.05) is 19.5 Å². The first-order valence-corrected chi connectivity index (χ1v) is 10.9. The third kappa shape index (κ3) is 4.39. The first-order chi connectivity index (χ1) is 15.9. The Morgan fingerprint density at radius 2 is 1.79 bits per heavy atom. The topological polar surface area (TPSA) is 78.3 Å². The number of para-hydroxylation sites is 1. The molecule has 0 fully saturated rings. The molecular formula is C26H28N4O3. The highest BCUT2D eigenvalue weighted by atomic mass is 16.5. The molecule has 0 aliphatic rings. The number of methoxy groups -OCH3 is 2. The Morgan fingerprint density at radius 1 is 1.03 bits per heavy atom. The van der Waals surface area contributed by atoms with Crippen molar-refractivity contribution in [3.63, 3.8) is 0 Å². The predicted octanol–water partition coefficient (Wildman–Crippen LogP) is 4.93. The van der Waals surface area contributed by atoms with Gasteiger partial charge in [0.05, 0.1) is 31.3 Å². The Balaban J connectivity index is 1.63. The van der Waals surface area contributed by atoms with Gasteiger partial charge in [-0.3, -0.25) is 4.79 Å². The van der Waals surface area contributed by atoms with Gasteiger partial charge in [-0.2, -0.15) is 10.1 Å². The first kappa shape index (κ1) is 22.3. The molecular weight excluding hydrogens is 416 g/mol. The molecule has 2 aromatic carbocycles. The fourth-order valence-corrected chi connectivity index (χ4v) is 4.12. The van der Waals surface area contributed by atoms with E-state index in [0.717, 1.165) is 39.1 Å². The number of aromatic nitrogens is 3. The summed E-state index contributed by atoms with van der Waals surface area (Å²) in [5.41, 5.74) is 6.21. The first-order valence-electron chi connectivity index (χ1n) is 10.9. The fraction of sp³-hybridized carbons (Fsp3) is 0.269. The molecule has 2 aromatic heterocycles. The zero-order valence-corrected chi connectivity index (χ0v) is 19.6. The fourth-order valence-electron chi connectivity index (χ4n) is 4.12. The molecule has 4 rings (SSSR count). The molecule has 0 radical (unpaired) electrons. The number of ether oxygens (including phenoxy) is 2. The molecule has 1 amide bonds. The molecule has 7 nitrogen and oxygen atoms in total. The van der Waals surface area contributed by atoms with E-state index < -0.39 is 0 Å². The Kier molecular flexibility index (Phi) is 6.31. The molecule has 0 bridgehead atoms. The predicted molar refractivity (Wildman–Crippen MR) is 130 cm³/mol. The molecule has 0 saturated carbocycles. The molecule has 0 aliphatic carbocycles. The standard InChI is InChI=1S/C26H28N4O3/c1-16-11-13-22(32-4)21(15-16)27-23(31)14-12-20-17(2)24-18(3)29-30(19-9-7-6-8-10-19)25(24)28-26(20)33-5/h6-11,13,15H,12,14H2,1-5H3,(H,27,31). The summed E-state index contributed by atoms with van der Waals surface area (Å²) < 4.78 is 12.8. The summed E-state index contributed by atoms with van der Waals surface area (Å²) in [7, 11) is 3.19. The van der Waals surface area contributed by atoms with Gasteiger partial charge < -0.3 is 14.8 Å². The van der Waals surface area contributed by atoms with Crippen LogP contribution in [0.1, 0.15) is 28.8 Å². The van der Waals surface area contributed by atoms with E-state index in [2.05, 4.69) is 5.32 Å². The van der Waals surface area contributed by atoms with E-state index in [4.69, 9.17) is 19.6 Å². The smallest absolute Gasteiger partial charge is 0.224 e. The van der Waals surface area contributed by atoms with Crippen molar-refractivity contribution in [1.29, 1.82) is 0 Å². The van der Waals surface area contributed by atoms with Crippen molar-refractivity contribution in [2.45, 2.75) is 33.6 Å². The zero-order valence-electron chi connectivity index (χ0n) is 19.6. The summed E-state index contributed by atoms with van der Waals surface area (Å²) in [4.78, 5) is 17.5. The van der Waals surface area contributed by atoms with Crippen LogP contribution in [0.5, 0.6) is 11.6 Å². The Hall–Kier alpha value is -3.87. The quantitative estimate of drug-likeness (QED) is 0.437. The summed E-state index contributed by atoms with van der Waals surface area (Å²) in [6.45, 7) is 5.99. The van der Waals surface area contributed by atoms with Gasteiger partial charge in [-0.15, -0.1) is 0 Å². The minimum Gasteiger partial charge on any atom is -0.495 e. The third-order valence-electron chi connectivity index (χ3n) is 5.75. The molecule has 0 spiro atoms. The second-order valence-corrected chi connectivity index (χ2v) is 8.01. The number of carbonyl (C=O) groups excluding carboxylic acids is 1. The van der Waals surface area contributed by atoms with E-state index in [9.17, 15) is 4.79 Å². The maximum atomic E-state index is 12.8. The minimum absolute atomic E-state index is 0.0999. The van der Waals surface area contributed by atoms with Gasteiger partial charge in [0, 0.05) is 17.4 Å². The average Bonchev–Trinajstić information content (AvgIpc) is 3.15.